The number of carboxylic acids is 1. The number of thiazole rings is 1. The van der Waals surface area contributed by atoms with Crippen molar-refractivity contribution >= 4 is 49.8 Å². The number of nitrogens with zero attached hydrogens (tertiary/aromatic N) is 1. The van der Waals surface area contributed by atoms with Crippen LogP contribution in [0.15, 0.2) is 52.7 Å². The number of aliphatic carboxylic acids is 1. The van der Waals surface area contributed by atoms with Crippen LogP contribution in [0.4, 0.5) is 9.52 Å². The normalized spacial score (nSPS) is 14.4. The first-order chi connectivity index (χ1) is 16.1. The Bertz CT molecular complexity index is 1340. The van der Waals surface area contributed by atoms with E-state index in [2.05, 4.69) is 10.3 Å². The number of hydrogen-bond donors (Lipinski definition) is 2. The van der Waals surface area contributed by atoms with E-state index in [9.17, 15) is 22.4 Å². The summed E-state index contributed by atoms with van der Waals surface area (Å²) in [6.45, 7) is 0. The van der Waals surface area contributed by atoms with Crippen molar-refractivity contribution in [2.45, 2.75) is 35.5 Å². The number of aromatic nitrogens is 1. The Morgan fingerprint density at radius 2 is 1.94 bits per heavy atom. The van der Waals surface area contributed by atoms with Gasteiger partial charge in [-0.15, -0.1) is 11.3 Å². The van der Waals surface area contributed by atoms with Crippen LogP contribution in [-0.4, -0.2) is 35.6 Å². The summed E-state index contributed by atoms with van der Waals surface area (Å²) in [6, 6.07) is 9.40. The first-order valence-electron chi connectivity index (χ1n) is 10.1. The van der Waals surface area contributed by atoms with E-state index in [1.807, 2.05) is 0 Å². The molecule has 1 aliphatic rings. The van der Waals surface area contributed by atoms with Gasteiger partial charge in [-0.25, -0.2) is 17.8 Å². The molecule has 0 radical (unpaired) electrons. The Morgan fingerprint density at radius 1 is 1.24 bits per heavy atom. The quantitative estimate of drug-likeness (QED) is 0.429. The van der Waals surface area contributed by atoms with E-state index in [0.717, 1.165) is 17.4 Å². The summed E-state index contributed by atoms with van der Waals surface area (Å²) in [5, 5.41) is 12.6. The first kappa shape index (κ1) is 24.1. The fourth-order valence-corrected chi connectivity index (χ4v) is 5.67. The topological polar surface area (TPSA) is 123 Å². The van der Waals surface area contributed by atoms with Crippen molar-refractivity contribution in [2.24, 2.45) is 0 Å². The lowest BCUT2D eigenvalue weighted by Gasteiger charge is -2.19. The number of nitrogens with one attached hydrogen (secondary N) is 1. The van der Waals surface area contributed by atoms with Crippen LogP contribution in [0.1, 0.15) is 30.2 Å². The van der Waals surface area contributed by atoms with Gasteiger partial charge in [-0.1, -0.05) is 23.7 Å². The predicted molar refractivity (Wildman–Crippen MR) is 124 cm³/mol. The van der Waals surface area contributed by atoms with Gasteiger partial charge in [0, 0.05) is 17.0 Å². The third-order valence-electron chi connectivity index (χ3n) is 4.97. The fourth-order valence-electron chi connectivity index (χ4n) is 3.13. The van der Waals surface area contributed by atoms with Crippen LogP contribution >= 0.6 is 22.9 Å². The van der Waals surface area contributed by atoms with Crippen molar-refractivity contribution in [2.75, 3.05) is 5.32 Å². The molecule has 1 saturated carbocycles. The van der Waals surface area contributed by atoms with Gasteiger partial charge in [-0.05, 0) is 37.1 Å². The van der Waals surface area contributed by atoms with E-state index in [-0.39, 0.29) is 38.2 Å². The SMILES string of the molecule is O=C(O)Cc1csc(NC(=O)C(Oc2ccc(F)c(Cl)c2)c2ccc(S(=O)(=O)C3CC3)cc2)n1. The minimum absolute atomic E-state index is 0.118. The zero-order chi connectivity index (χ0) is 24.5. The predicted octanol–water partition coefficient (Wildman–Crippen LogP) is 4.26. The number of anilines is 1. The number of carbonyl (C=O) groups excluding carboxylic acids is 1. The molecule has 1 amide bonds. The second-order valence-electron chi connectivity index (χ2n) is 7.59. The first-order valence-corrected chi connectivity index (χ1v) is 12.9. The molecule has 4 rings (SSSR count). The summed E-state index contributed by atoms with van der Waals surface area (Å²) < 4.78 is 44.3. The largest absolute Gasteiger partial charge is 0.481 e. The van der Waals surface area contributed by atoms with Crippen LogP contribution in [0.3, 0.4) is 0 Å². The summed E-state index contributed by atoms with van der Waals surface area (Å²) in [7, 11) is -3.41. The van der Waals surface area contributed by atoms with Crippen molar-refractivity contribution < 1.29 is 32.2 Å². The number of hydrogen-bond acceptors (Lipinski definition) is 7. The molecule has 0 aliphatic heterocycles. The van der Waals surface area contributed by atoms with Gasteiger partial charge >= 0.3 is 5.97 Å². The smallest absolute Gasteiger partial charge is 0.309 e. The number of rotatable bonds is 9. The molecule has 34 heavy (non-hydrogen) atoms. The van der Waals surface area contributed by atoms with Gasteiger partial charge in [0.2, 0.25) is 6.10 Å². The number of ether oxygens (including phenoxy) is 1. The maximum atomic E-state index is 13.6. The zero-order valence-corrected chi connectivity index (χ0v) is 19.8. The molecule has 12 heteroatoms. The van der Waals surface area contributed by atoms with E-state index >= 15 is 0 Å². The average Bonchev–Trinajstić information content (AvgIpc) is 3.57. The van der Waals surface area contributed by atoms with Gasteiger partial charge in [0.1, 0.15) is 11.6 Å². The van der Waals surface area contributed by atoms with Crippen LogP contribution in [0.2, 0.25) is 5.02 Å². The molecule has 1 heterocycles. The lowest BCUT2D eigenvalue weighted by atomic mass is 10.1. The molecule has 1 unspecified atom stereocenters. The van der Waals surface area contributed by atoms with Crippen molar-refractivity contribution in [1.82, 2.24) is 4.98 Å². The molecule has 2 aromatic carbocycles. The second-order valence-corrected chi connectivity index (χ2v) is 11.1. The molecule has 0 saturated heterocycles. The van der Waals surface area contributed by atoms with E-state index in [0.29, 0.717) is 18.4 Å². The second kappa shape index (κ2) is 9.69. The van der Waals surface area contributed by atoms with Crippen molar-refractivity contribution in [3.05, 3.63) is 69.9 Å². The van der Waals surface area contributed by atoms with Crippen LogP contribution in [0.25, 0.3) is 0 Å². The number of amides is 1. The highest BCUT2D eigenvalue weighted by molar-refractivity contribution is 7.92. The van der Waals surface area contributed by atoms with Gasteiger partial charge in [-0.2, -0.15) is 0 Å². The number of carbonyl (C=O) groups is 2. The van der Waals surface area contributed by atoms with Gasteiger partial charge in [0.25, 0.3) is 5.91 Å². The summed E-state index contributed by atoms with van der Waals surface area (Å²) in [6.07, 6.45) is -0.300. The van der Waals surface area contributed by atoms with Gasteiger partial charge in [0.05, 0.1) is 27.3 Å². The maximum absolute atomic E-state index is 13.6. The molecule has 1 aromatic heterocycles. The Labute approximate surface area is 203 Å². The van der Waals surface area contributed by atoms with Gasteiger partial charge in [0.15, 0.2) is 15.0 Å². The summed E-state index contributed by atoms with van der Waals surface area (Å²) in [5.74, 6) is -2.24. The highest BCUT2D eigenvalue weighted by atomic mass is 35.5. The molecule has 3 aromatic rings. The third-order valence-corrected chi connectivity index (χ3v) is 8.35. The van der Waals surface area contributed by atoms with E-state index in [1.165, 1.54) is 41.8 Å². The lowest BCUT2D eigenvalue weighted by Crippen LogP contribution is -2.26. The molecule has 8 nitrogen and oxygen atoms in total. The minimum Gasteiger partial charge on any atom is -0.481 e. The number of sulfone groups is 1. The van der Waals surface area contributed by atoms with E-state index in [4.69, 9.17) is 21.4 Å². The molecule has 1 atom stereocenters. The Balaban J connectivity index is 1.60. The molecule has 0 bridgehead atoms. The average molecular weight is 525 g/mol. The maximum Gasteiger partial charge on any atom is 0.309 e. The van der Waals surface area contributed by atoms with Crippen LogP contribution in [0, 0.1) is 5.82 Å². The Hall–Kier alpha value is -3.02. The summed E-state index contributed by atoms with van der Waals surface area (Å²) >= 11 is 6.87. The van der Waals surface area contributed by atoms with Crippen molar-refractivity contribution in [1.29, 1.82) is 0 Å². The van der Waals surface area contributed by atoms with Crippen LogP contribution in [-0.2, 0) is 25.8 Å². The van der Waals surface area contributed by atoms with Crippen molar-refractivity contribution in [3.63, 3.8) is 0 Å². The number of carboxylic acid groups (broad SMARTS) is 1. The van der Waals surface area contributed by atoms with E-state index in [1.54, 1.807) is 0 Å². The highest BCUT2D eigenvalue weighted by Gasteiger charge is 2.37. The standard InChI is InChI=1S/C22H18ClFN2O6S2/c23-17-10-14(3-8-18(17)24)32-20(21(29)26-22-25-13(11-33-22)9-19(27)28)12-1-4-15(5-2-12)34(30,31)16-6-7-16/h1-5,8,10-11,16,20H,6-7,9H2,(H,27,28)(H,25,26,29). The molecule has 1 aliphatic carbocycles. The highest BCUT2D eigenvalue weighted by Crippen LogP contribution is 2.34. The fraction of sp³-hybridized carbons (Fsp3) is 0.227. The van der Waals surface area contributed by atoms with E-state index < -0.39 is 33.6 Å². The molecule has 0 spiro atoms. The number of benzene rings is 2. The molecule has 1 fully saturated rings. The molecular formula is C22H18ClFN2O6S2. The minimum atomic E-state index is -3.41. The third kappa shape index (κ3) is 5.54. The summed E-state index contributed by atoms with van der Waals surface area (Å²) in [5.41, 5.74) is 0.625. The Kier molecular flexibility index (Phi) is 6.87. The van der Waals surface area contributed by atoms with Gasteiger partial charge < -0.3 is 9.84 Å². The summed E-state index contributed by atoms with van der Waals surface area (Å²) in [4.78, 5) is 28.2. The number of halogens is 2. The zero-order valence-electron chi connectivity index (χ0n) is 17.4. The molecule has 178 valence electrons. The van der Waals surface area contributed by atoms with Gasteiger partial charge in [-0.3, -0.25) is 14.9 Å². The van der Waals surface area contributed by atoms with Crippen molar-refractivity contribution in [3.8, 4) is 5.75 Å². The monoisotopic (exact) mass is 524 g/mol. The molecule has 2 N–H and O–H groups in total. The van der Waals surface area contributed by atoms with Crippen LogP contribution < -0.4 is 10.1 Å². The van der Waals surface area contributed by atoms with Crippen LogP contribution in [0.5, 0.6) is 5.75 Å². The lowest BCUT2D eigenvalue weighted by molar-refractivity contribution is -0.136. The molecular weight excluding hydrogens is 507 g/mol. The Morgan fingerprint density at radius 3 is 2.56 bits per heavy atom.